The number of anilines is 3. The Bertz CT molecular complexity index is 800. The number of nitrogens with one attached hydrogen (secondary N) is 1. The molecule has 4 heteroatoms. The van der Waals surface area contributed by atoms with Gasteiger partial charge in [0.05, 0.1) is 22.6 Å². The Morgan fingerprint density at radius 1 is 0.909 bits per heavy atom. The summed E-state index contributed by atoms with van der Waals surface area (Å²) in [6, 6.07) is 18.3. The van der Waals surface area contributed by atoms with Gasteiger partial charge in [0.15, 0.2) is 5.78 Å². The molecule has 108 valence electrons. The molecule has 3 aromatic rings. The number of ketones is 1. The third-order valence-electron chi connectivity index (χ3n) is 3.33. The normalized spacial score (nSPS) is 10.2. The minimum atomic E-state index is -0.0781. The van der Waals surface area contributed by atoms with Gasteiger partial charge in [0, 0.05) is 18.0 Å². The number of aromatic nitrogens is 1. The number of rotatable bonds is 4. The van der Waals surface area contributed by atoms with E-state index in [2.05, 4.69) is 10.3 Å². The maximum atomic E-state index is 12.6. The number of para-hydroxylation sites is 2. The summed E-state index contributed by atoms with van der Waals surface area (Å²) >= 11 is 0. The molecule has 0 aliphatic heterocycles. The first-order valence-electron chi connectivity index (χ1n) is 6.91. The molecule has 3 N–H and O–H groups in total. The topological polar surface area (TPSA) is 68.0 Å². The van der Waals surface area contributed by atoms with Gasteiger partial charge in [-0.2, -0.15) is 0 Å². The first-order chi connectivity index (χ1) is 10.8. The second kappa shape index (κ2) is 6.10. The monoisotopic (exact) mass is 289 g/mol. The third-order valence-corrected chi connectivity index (χ3v) is 3.33. The second-order valence-corrected chi connectivity index (χ2v) is 4.83. The van der Waals surface area contributed by atoms with Gasteiger partial charge in [-0.1, -0.05) is 42.5 Å². The average Bonchev–Trinajstić information content (AvgIpc) is 2.58. The average molecular weight is 289 g/mol. The summed E-state index contributed by atoms with van der Waals surface area (Å²) in [5, 5.41) is 3.21. The number of nitrogens with zero attached hydrogens (tertiary/aromatic N) is 1. The zero-order valence-electron chi connectivity index (χ0n) is 11.9. The van der Waals surface area contributed by atoms with E-state index in [-0.39, 0.29) is 5.78 Å². The second-order valence-electron chi connectivity index (χ2n) is 4.83. The van der Waals surface area contributed by atoms with Crippen LogP contribution in [0.15, 0.2) is 73.1 Å². The van der Waals surface area contributed by atoms with Gasteiger partial charge < -0.3 is 11.1 Å². The molecule has 1 aromatic heterocycles. The molecule has 0 radical (unpaired) electrons. The molecule has 2 aromatic carbocycles. The molecule has 0 fully saturated rings. The van der Waals surface area contributed by atoms with Crippen LogP contribution in [0.3, 0.4) is 0 Å². The number of benzene rings is 2. The molecule has 0 amide bonds. The van der Waals surface area contributed by atoms with Crippen LogP contribution in [0.4, 0.5) is 17.1 Å². The maximum Gasteiger partial charge on any atom is 0.196 e. The fourth-order valence-corrected chi connectivity index (χ4v) is 2.19. The van der Waals surface area contributed by atoms with Gasteiger partial charge in [0.1, 0.15) is 0 Å². The van der Waals surface area contributed by atoms with E-state index in [1.54, 1.807) is 30.6 Å². The number of carbonyl (C=O) groups excluding carboxylic acids is 1. The zero-order valence-corrected chi connectivity index (χ0v) is 11.9. The Hall–Kier alpha value is -3.14. The third kappa shape index (κ3) is 2.81. The fourth-order valence-electron chi connectivity index (χ4n) is 2.19. The summed E-state index contributed by atoms with van der Waals surface area (Å²) in [5.74, 6) is -0.0781. The lowest BCUT2D eigenvalue weighted by Crippen LogP contribution is -2.06. The van der Waals surface area contributed by atoms with Crippen LogP contribution in [0, 0.1) is 0 Å². The fraction of sp³-hybridized carbons (Fsp3) is 0. The van der Waals surface area contributed by atoms with Gasteiger partial charge >= 0.3 is 0 Å². The smallest absolute Gasteiger partial charge is 0.196 e. The number of hydrogen-bond acceptors (Lipinski definition) is 4. The molecule has 3 rings (SSSR count). The van der Waals surface area contributed by atoms with Gasteiger partial charge in [-0.05, 0) is 18.2 Å². The van der Waals surface area contributed by atoms with Crippen molar-refractivity contribution in [1.82, 2.24) is 4.98 Å². The SMILES string of the molecule is Nc1ccccc1Nc1ccncc1C(=O)c1ccccc1. The van der Waals surface area contributed by atoms with Crippen molar-refractivity contribution in [3.8, 4) is 0 Å². The molecule has 0 bridgehead atoms. The van der Waals surface area contributed by atoms with E-state index in [1.165, 1.54) is 0 Å². The van der Waals surface area contributed by atoms with Crippen LogP contribution in [0.5, 0.6) is 0 Å². The Labute approximate surface area is 128 Å². The lowest BCUT2D eigenvalue weighted by molar-refractivity contribution is 0.103. The summed E-state index contributed by atoms with van der Waals surface area (Å²) in [6.45, 7) is 0. The number of carbonyl (C=O) groups is 1. The van der Waals surface area contributed by atoms with Gasteiger partial charge in [0.25, 0.3) is 0 Å². The van der Waals surface area contributed by atoms with Crippen molar-refractivity contribution in [2.24, 2.45) is 0 Å². The highest BCUT2D eigenvalue weighted by atomic mass is 16.1. The minimum Gasteiger partial charge on any atom is -0.397 e. The van der Waals surface area contributed by atoms with Crippen molar-refractivity contribution in [2.75, 3.05) is 11.1 Å². The van der Waals surface area contributed by atoms with E-state index in [1.807, 2.05) is 42.5 Å². The van der Waals surface area contributed by atoms with Crippen LogP contribution >= 0.6 is 0 Å². The Morgan fingerprint density at radius 3 is 2.41 bits per heavy atom. The summed E-state index contributed by atoms with van der Waals surface area (Å²) in [5.41, 5.74) is 9.14. The molecule has 22 heavy (non-hydrogen) atoms. The first-order valence-corrected chi connectivity index (χ1v) is 6.91. The van der Waals surface area contributed by atoms with Gasteiger partial charge in [0.2, 0.25) is 0 Å². The molecule has 0 aliphatic carbocycles. The molecule has 0 spiro atoms. The van der Waals surface area contributed by atoms with Crippen molar-refractivity contribution in [2.45, 2.75) is 0 Å². The lowest BCUT2D eigenvalue weighted by Gasteiger charge is -2.12. The molecule has 4 nitrogen and oxygen atoms in total. The Kier molecular flexibility index (Phi) is 3.83. The lowest BCUT2D eigenvalue weighted by atomic mass is 10.0. The van der Waals surface area contributed by atoms with E-state index in [4.69, 9.17) is 5.73 Å². The predicted octanol–water partition coefficient (Wildman–Crippen LogP) is 3.64. The highest BCUT2D eigenvalue weighted by molar-refractivity contribution is 6.12. The van der Waals surface area contributed by atoms with Crippen LogP contribution in [-0.4, -0.2) is 10.8 Å². The van der Waals surface area contributed by atoms with E-state index < -0.39 is 0 Å². The molecule has 0 saturated carbocycles. The van der Waals surface area contributed by atoms with E-state index >= 15 is 0 Å². The molecule has 0 atom stereocenters. The standard InChI is InChI=1S/C18H15N3O/c19-15-8-4-5-9-17(15)21-16-10-11-20-12-14(16)18(22)13-6-2-1-3-7-13/h1-12H,19H2,(H,20,21). The number of hydrogen-bond donors (Lipinski definition) is 2. The van der Waals surface area contributed by atoms with Crippen LogP contribution in [0.1, 0.15) is 15.9 Å². The zero-order chi connectivity index (χ0) is 15.4. The summed E-state index contributed by atoms with van der Waals surface area (Å²) in [7, 11) is 0. The largest absolute Gasteiger partial charge is 0.397 e. The molecule has 0 aliphatic rings. The Morgan fingerprint density at radius 2 is 1.64 bits per heavy atom. The number of nitrogens with two attached hydrogens (primary N) is 1. The van der Waals surface area contributed by atoms with Gasteiger partial charge in [-0.15, -0.1) is 0 Å². The van der Waals surface area contributed by atoms with Crippen molar-refractivity contribution in [1.29, 1.82) is 0 Å². The van der Waals surface area contributed by atoms with Crippen molar-refractivity contribution in [3.63, 3.8) is 0 Å². The molecule has 0 unspecified atom stereocenters. The number of pyridine rings is 1. The Balaban J connectivity index is 1.97. The van der Waals surface area contributed by atoms with Crippen LogP contribution in [-0.2, 0) is 0 Å². The van der Waals surface area contributed by atoms with Crippen LogP contribution < -0.4 is 11.1 Å². The molecular formula is C18H15N3O. The van der Waals surface area contributed by atoms with E-state index in [0.29, 0.717) is 22.5 Å². The molecule has 1 heterocycles. The summed E-state index contributed by atoms with van der Waals surface area (Å²) in [4.78, 5) is 16.7. The van der Waals surface area contributed by atoms with Crippen LogP contribution in [0.2, 0.25) is 0 Å². The van der Waals surface area contributed by atoms with Gasteiger partial charge in [-0.25, -0.2) is 0 Å². The molecular weight excluding hydrogens is 274 g/mol. The minimum absolute atomic E-state index is 0.0781. The summed E-state index contributed by atoms with van der Waals surface area (Å²) < 4.78 is 0. The maximum absolute atomic E-state index is 12.6. The summed E-state index contributed by atoms with van der Waals surface area (Å²) in [6.07, 6.45) is 3.21. The highest BCUT2D eigenvalue weighted by Gasteiger charge is 2.14. The molecule has 0 saturated heterocycles. The van der Waals surface area contributed by atoms with E-state index in [9.17, 15) is 4.79 Å². The van der Waals surface area contributed by atoms with Crippen molar-refractivity contribution < 1.29 is 4.79 Å². The predicted molar refractivity (Wildman–Crippen MR) is 88.2 cm³/mol. The number of nitrogen functional groups attached to an aromatic ring is 1. The first kappa shape index (κ1) is 13.8. The van der Waals surface area contributed by atoms with Crippen LogP contribution in [0.25, 0.3) is 0 Å². The quantitative estimate of drug-likeness (QED) is 0.568. The van der Waals surface area contributed by atoms with Crippen molar-refractivity contribution >= 4 is 22.8 Å². The van der Waals surface area contributed by atoms with Crippen molar-refractivity contribution in [3.05, 3.63) is 84.2 Å². The van der Waals surface area contributed by atoms with Gasteiger partial charge in [-0.3, -0.25) is 9.78 Å². The van der Waals surface area contributed by atoms with E-state index in [0.717, 1.165) is 5.69 Å². The highest BCUT2D eigenvalue weighted by Crippen LogP contribution is 2.26.